The first-order valence-electron chi connectivity index (χ1n) is 7.29. The average molecular weight is 313 g/mol. The molecule has 0 radical (unpaired) electrons. The van der Waals surface area contributed by atoms with Crippen LogP contribution < -0.4 is 10.2 Å². The highest BCUT2D eigenvalue weighted by atomic mass is 16.5. The van der Waals surface area contributed by atoms with Crippen molar-refractivity contribution in [3.8, 4) is 11.5 Å². The number of carbonyl (C=O) groups is 1. The number of aromatic nitrogens is 1. The van der Waals surface area contributed by atoms with E-state index >= 15 is 0 Å². The van der Waals surface area contributed by atoms with Gasteiger partial charge in [0.1, 0.15) is 0 Å². The van der Waals surface area contributed by atoms with Gasteiger partial charge in [-0.15, -0.1) is 0 Å². The van der Waals surface area contributed by atoms with Gasteiger partial charge in [0.05, 0.1) is 13.3 Å². The van der Waals surface area contributed by atoms with Crippen LogP contribution in [-0.4, -0.2) is 29.3 Å². The number of nitrogens with one attached hydrogen (secondary N) is 1. The summed E-state index contributed by atoms with van der Waals surface area (Å²) in [4.78, 5) is 16.3. The zero-order valence-corrected chi connectivity index (χ0v) is 13.1. The molecule has 0 aliphatic carbocycles. The second-order valence-electron chi connectivity index (χ2n) is 4.92. The average Bonchev–Trinajstić information content (AvgIpc) is 2.57. The number of aromatic hydroxyl groups is 1. The summed E-state index contributed by atoms with van der Waals surface area (Å²) in [5.41, 5.74) is 4.56. The van der Waals surface area contributed by atoms with Crippen LogP contribution in [0.4, 0.5) is 0 Å². The standard InChI is InChI=1S/C17H19N3O3/c1-3-4-14-10-13(7-8-18-14)17(22)20-19-11-12-5-6-15(21)16(9-12)23-2/h5-11,21H,3-4H2,1-2H3,(H,20,22)/b19-11+. The van der Waals surface area contributed by atoms with E-state index in [2.05, 4.69) is 22.4 Å². The number of benzene rings is 1. The maximum atomic E-state index is 12.1. The van der Waals surface area contributed by atoms with E-state index < -0.39 is 0 Å². The maximum absolute atomic E-state index is 12.1. The molecule has 2 N–H and O–H groups in total. The zero-order chi connectivity index (χ0) is 16.7. The van der Waals surface area contributed by atoms with Crippen molar-refractivity contribution in [1.82, 2.24) is 10.4 Å². The lowest BCUT2D eigenvalue weighted by molar-refractivity contribution is 0.0955. The van der Waals surface area contributed by atoms with Gasteiger partial charge in [-0.1, -0.05) is 13.3 Å². The van der Waals surface area contributed by atoms with Crippen molar-refractivity contribution in [1.29, 1.82) is 0 Å². The van der Waals surface area contributed by atoms with E-state index in [1.54, 1.807) is 30.5 Å². The van der Waals surface area contributed by atoms with Crippen LogP contribution in [0.2, 0.25) is 0 Å². The molecule has 0 atom stereocenters. The Labute approximate surface area is 134 Å². The number of methoxy groups -OCH3 is 1. The molecule has 6 nitrogen and oxygen atoms in total. The molecule has 0 saturated heterocycles. The molecule has 0 aliphatic rings. The lowest BCUT2D eigenvalue weighted by Gasteiger charge is -2.04. The molecule has 6 heteroatoms. The van der Waals surface area contributed by atoms with Gasteiger partial charge in [-0.3, -0.25) is 9.78 Å². The van der Waals surface area contributed by atoms with Gasteiger partial charge >= 0.3 is 0 Å². The fraction of sp³-hybridized carbons (Fsp3) is 0.235. The lowest BCUT2D eigenvalue weighted by atomic mass is 10.1. The predicted octanol–water partition coefficient (Wildman–Crippen LogP) is 2.51. The summed E-state index contributed by atoms with van der Waals surface area (Å²) < 4.78 is 5.01. The molecule has 0 spiro atoms. The quantitative estimate of drug-likeness (QED) is 0.634. The molecule has 2 aromatic rings. The van der Waals surface area contributed by atoms with Crippen molar-refractivity contribution in [2.75, 3.05) is 7.11 Å². The van der Waals surface area contributed by atoms with Crippen molar-refractivity contribution in [2.24, 2.45) is 5.10 Å². The van der Waals surface area contributed by atoms with Gasteiger partial charge in [0.25, 0.3) is 5.91 Å². The molecule has 0 aliphatic heterocycles. The van der Waals surface area contributed by atoms with Gasteiger partial charge in [0, 0.05) is 17.5 Å². The number of aryl methyl sites for hydroxylation is 1. The summed E-state index contributed by atoms with van der Waals surface area (Å²) in [6.07, 6.45) is 4.90. The Hall–Kier alpha value is -2.89. The van der Waals surface area contributed by atoms with Crippen molar-refractivity contribution in [2.45, 2.75) is 19.8 Å². The molecule has 0 fully saturated rings. The van der Waals surface area contributed by atoms with Gasteiger partial charge in [0.15, 0.2) is 11.5 Å². The second kappa shape index (κ2) is 7.93. The highest BCUT2D eigenvalue weighted by Gasteiger charge is 2.06. The summed E-state index contributed by atoms with van der Waals surface area (Å²) in [6, 6.07) is 8.20. The Balaban J connectivity index is 2.02. The Morgan fingerprint density at radius 3 is 2.96 bits per heavy atom. The maximum Gasteiger partial charge on any atom is 0.271 e. The highest BCUT2D eigenvalue weighted by Crippen LogP contribution is 2.25. The fourth-order valence-electron chi connectivity index (χ4n) is 2.02. The molecule has 1 aromatic heterocycles. The van der Waals surface area contributed by atoms with Crippen molar-refractivity contribution < 1.29 is 14.6 Å². The number of hydrogen-bond acceptors (Lipinski definition) is 5. The highest BCUT2D eigenvalue weighted by molar-refractivity contribution is 5.94. The molecule has 0 saturated carbocycles. The number of hydrazone groups is 1. The molecule has 0 bridgehead atoms. The van der Waals surface area contributed by atoms with Crippen LogP contribution >= 0.6 is 0 Å². The summed E-state index contributed by atoms with van der Waals surface area (Å²) in [7, 11) is 1.47. The van der Waals surface area contributed by atoms with Crippen LogP contribution in [-0.2, 0) is 6.42 Å². The molecule has 1 heterocycles. The van der Waals surface area contributed by atoms with E-state index in [0.29, 0.717) is 16.9 Å². The minimum absolute atomic E-state index is 0.0499. The van der Waals surface area contributed by atoms with Crippen LogP contribution in [0.5, 0.6) is 11.5 Å². The normalized spacial score (nSPS) is 10.7. The SMILES string of the molecule is CCCc1cc(C(=O)N/N=C/c2ccc(O)c(OC)c2)ccn1. The molecule has 0 unspecified atom stereocenters. The van der Waals surface area contributed by atoms with Gasteiger partial charge < -0.3 is 9.84 Å². The fourth-order valence-corrected chi connectivity index (χ4v) is 2.02. The number of phenolic OH excluding ortho intramolecular Hbond substituents is 1. The summed E-state index contributed by atoms with van der Waals surface area (Å²) in [5, 5.41) is 13.4. The van der Waals surface area contributed by atoms with E-state index in [1.165, 1.54) is 19.4 Å². The van der Waals surface area contributed by atoms with Gasteiger partial charge in [-0.25, -0.2) is 5.43 Å². The Kier molecular flexibility index (Phi) is 5.68. The summed E-state index contributed by atoms with van der Waals surface area (Å²) >= 11 is 0. The van der Waals surface area contributed by atoms with Gasteiger partial charge in [-0.2, -0.15) is 5.10 Å². The van der Waals surface area contributed by atoms with E-state index in [9.17, 15) is 9.90 Å². The topological polar surface area (TPSA) is 83.8 Å². The third-order valence-electron chi connectivity index (χ3n) is 3.17. The third kappa shape index (κ3) is 4.54. The van der Waals surface area contributed by atoms with E-state index in [4.69, 9.17) is 4.74 Å². The smallest absolute Gasteiger partial charge is 0.271 e. The number of pyridine rings is 1. The van der Waals surface area contributed by atoms with E-state index in [0.717, 1.165) is 18.5 Å². The van der Waals surface area contributed by atoms with Crippen LogP contribution in [0.3, 0.4) is 0 Å². The van der Waals surface area contributed by atoms with Crippen molar-refractivity contribution >= 4 is 12.1 Å². The lowest BCUT2D eigenvalue weighted by Crippen LogP contribution is -2.18. The predicted molar refractivity (Wildman–Crippen MR) is 88.0 cm³/mol. The van der Waals surface area contributed by atoms with Crippen LogP contribution in [0.15, 0.2) is 41.6 Å². The molecule has 2 rings (SSSR count). The third-order valence-corrected chi connectivity index (χ3v) is 3.17. The monoisotopic (exact) mass is 313 g/mol. The molecular formula is C17H19N3O3. The summed E-state index contributed by atoms with van der Waals surface area (Å²) in [5.74, 6) is 0.0966. The van der Waals surface area contributed by atoms with E-state index in [1.807, 2.05) is 0 Å². The Morgan fingerprint density at radius 2 is 2.22 bits per heavy atom. The van der Waals surface area contributed by atoms with Crippen LogP contribution in [0, 0.1) is 0 Å². The number of phenols is 1. The molecule has 1 aromatic carbocycles. The zero-order valence-electron chi connectivity index (χ0n) is 13.1. The first-order valence-corrected chi connectivity index (χ1v) is 7.29. The van der Waals surface area contributed by atoms with Crippen LogP contribution in [0.1, 0.15) is 35.0 Å². The molecule has 1 amide bonds. The van der Waals surface area contributed by atoms with Crippen molar-refractivity contribution in [3.05, 3.63) is 53.3 Å². The number of ether oxygens (including phenoxy) is 1. The minimum Gasteiger partial charge on any atom is -0.504 e. The first kappa shape index (κ1) is 16.5. The molecule has 23 heavy (non-hydrogen) atoms. The largest absolute Gasteiger partial charge is 0.504 e. The summed E-state index contributed by atoms with van der Waals surface area (Å²) in [6.45, 7) is 2.06. The number of carbonyl (C=O) groups excluding carboxylic acids is 1. The van der Waals surface area contributed by atoms with Gasteiger partial charge in [0.2, 0.25) is 0 Å². The number of hydrogen-bond donors (Lipinski definition) is 2. The number of nitrogens with zero attached hydrogens (tertiary/aromatic N) is 2. The van der Waals surface area contributed by atoms with E-state index in [-0.39, 0.29) is 11.7 Å². The number of amides is 1. The number of rotatable bonds is 6. The molecule has 120 valence electrons. The van der Waals surface area contributed by atoms with Gasteiger partial charge in [-0.05, 0) is 42.3 Å². The minimum atomic E-state index is -0.299. The van der Waals surface area contributed by atoms with Crippen LogP contribution in [0.25, 0.3) is 0 Å². The Morgan fingerprint density at radius 1 is 1.39 bits per heavy atom. The first-order chi connectivity index (χ1) is 11.1. The second-order valence-corrected chi connectivity index (χ2v) is 4.92. The molecular weight excluding hydrogens is 294 g/mol. The Bertz CT molecular complexity index is 714. The van der Waals surface area contributed by atoms with Crippen molar-refractivity contribution in [3.63, 3.8) is 0 Å².